The number of carbonyl (C=O) groups is 1. The van der Waals surface area contributed by atoms with Gasteiger partial charge in [0.05, 0.1) is 18.8 Å². The van der Waals surface area contributed by atoms with Gasteiger partial charge in [0.2, 0.25) is 5.82 Å². The zero-order valence-electron chi connectivity index (χ0n) is 21.1. The second kappa shape index (κ2) is 11.0. The number of benzene rings is 2. The summed E-state index contributed by atoms with van der Waals surface area (Å²) in [6.45, 7) is 1.24. The number of hydrogen-bond donors (Lipinski definition) is 1. The monoisotopic (exact) mass is 559 g/mol. The van der Waals surface area contributed by atoms with Crippen LogP contribution in [-0.4, -0.2) is 48.3 Å². The predicted octanol–water partition coefficient (Wildman–Crippen LogP) is 5.47. The topological polar surface area (TPSA) is 112 Å². The number of aromatic carboxylic acids is 1. The molecule has 1 unspecified atom stereocenters. The van der Waals surface area contributed by atoms with Gasteiger partial charge in [-0.2, -0.15) is 9.37 Å². The van der Waals surface area contributed by atoms with E-state index in [1.54, 1.807) is 30.3 Å². The Kier molecular flexibility index (Phi) is 7.10. The molecular formula is C29H23ClFN5O4. The zero-order chi connectivity index (χ0) is 27.6. The number of imidazole rings is 1. The molecule has 0 radical (unpaired) electrons. The Hall–Kier alpha value is -4.41. The molecule has 0 saturated carbocycles. The first-order valence-corrected chi connectivity index (χ1v) is 13.0. The minimum absolute atomic E-state index is 0.0366. The zero-order valence-corrected chi connectivity index (χ0v) is 21.9. The molecule has 9 nitrogen and oxygen atoms in total. The molecule has 11 heteroatoms. The second-order valence-electron chi connectivity index (χ2n) is 9.43. The van der Waals surface area contributed by atoms with Gasteiger partial charge in [-0.15, -0.1) is 0 Å². The van der Waals surface area contributed by atoms with Crippen molar-refractivity contribution in [1.82, 2.24) is 24.5 Å². The van der Waals surface area contributed by atoms with Gasteiger partial charge in [-0.05, 0) is 53.9 Å². The van der Waals surface area contributed by atoms with E-state index in [4.69, 9.17) is 26.1 Å². The summed E-state index contributed by atoms with van der Waals surface area (Å²) in [5.74, 6) is -0.336. The van der Waals surface area contributed by atoms with Gasteiger partial charge in [0, 0.05) is 24.5 Å². The van der Waals surface area contributed by atoms with E-state index in [9.17, 15) is 14.3 Å². The van der Waals surface area contributed by atoms with Crippen molar-refractivity contribution in [2.75, 3.05) is 6.61 Å². The summed E-state index contributed by atoms with van der Waals surface area (Å²) in [5.41, 5.74) is 2.97. The van der Waals surface area contributed by atoms with Crippen LogP contribution in [0.15, 0.2) is 66.9 Å². The normalized spacial score (nSPS) is 14.7. The summed E-state index contributed by atoms with van der Waals surface area (Å²) in [6.07, 6.45) is 2.93. The van der Waals surface area contributed by atoms with Crippen LogP contribution in [0.4, 0.5) is 4.39 Å². The number of carboxylic acids is 1. The SMILES string of the molecule is O=C(O)c1ccc2nc(Cc3ccc(Oc4nc(Cc5ccc(Cl)cc5)ncc4F)cc3)n(CC3CCO3)c2n1. The molecular weight excluding hydrogens is 537 g/mol. The Balaban J connectivity index is 1.20. The van der Waals surface area contributed by atoms with Gasteiger partial charge in [-0.3, -0.25) is 0 Å². The van der Waals surface area contributed by atoms with Crippen LogP contribution in [0.5, 0.6) is 11.6 Å². The van der Waals surface area contributed by atoms with Crippen molar-refractivity contribution in [2.24, 2.45) is 0 Å². The molecule has 0 amide bonds. The first kappa shape index (κ1) is 25.8. The van der Waals surface area contributed by atoms with Crippen LogP contribution in [-0.2, 0) is 24.1 Å². The van der Waals surface area contributed by atoms with Crippen molar-refractivity contribution in [3.05, 3.63) is 106 Å². The molecule has 0 spiro atoms. The number of hydrogen-bond acceptors (Lipinski definition) is 7. The molecule has 40 heavy (non-hydrogen) atoms. The number of nitrogens with zero attached hydrogens (tertiary/aromatic N) is 5. The van der Waals surface area contributed by atoms with Crippen molar-refractivity contribution in [3.63, 3.8) is 0 Å². The molecule has 1 aliphatic heterocycles. The van der Waals surface area contributed by atoms with Crippen LogP contribution in [0.2, 0.25) is 5.02 Å². The average Bonchev–Trinajstić information content (AvgIpc) is 3.26. The van der Waals surface area contributed by atoms with E-state index >= 15 is 0 Å². The lowest BCUT2D eigenvalue weighted by molar-refractivity contribution is -0.0590. The fourth-order valence-corrected chi connectivity index (χ4v) is 4.55. The van der Waals surface area contributed by atoms with Gasteiger partial charge in [-0.25, -0.2) is 19.7 Å². The highest BCUT2D eigenvalue weighted by Crippen LogP contribution is 2.26. The first-order chi connectivity index (χ1) is 19.4. The van der Waals surface area contributed by atoms with E-state index in [-0.39, 0.29) is 17.7 Å². The quantitative estimate of drug-likeness (QED) is 0.253. The molecule has 6 rings (SSSR count). The van der Waals surface area contributed by atoms with Gasteiger partial charge in [0.1, 0.15) is 22.9 Å². The third-order valence-electron chi connectivity index (χ3n) is 6.61. The van der Waals surface area contributed by atoms with Crippen molar-refractivity contribution >= 4 is 28.7 Å². The Morgan fingerprint density at radius 2 is 1.75 bits per heavy atom. The van der Waals surface area contributed by atoms with Gasteiger partial charge >= 0.3 is 5.97 Å². The number of ether oxygens (including phenoxy) is 2. The van der Waals surface area contributed by atoms with E-state index < -0.39 is 11.8 Å². The number of fused-ring (bicyclic) bond motifs is 1. The van der Waals surface area contributed by atoms with Crippen LogP contribution >= 0.6 is 11.6 Å². The van der Waals surface area contributed by atoms with Crippen molar-refractivity contribution in [1.29, 1.82) is 0 Å². The van der Waals surface area contributed by atoms with E-state index in [0.717, 1.165) is 29.6 Å². The average molecular weight is 560 g/mol. The minimum Gasteiger partial charge on any atom is -0.477 e. The van der Waals surface area contributed by atoms with Gasteiger partial charge in [0.15, 0.2) is 11.3 Å². The van der Waals surface area contributed by atoms with Crippen molar-refractivity contribution in [3.8, 4) is 11.6 Å². The van der Waals surface area contributed by atoms with Crippen molar-refractivity contribution < 1.29 is 23.8 Å². The van der Waals surface area contributed by atoms with E-state index in [2.05, 4.69) is 15.0 Å². The van der Waals surface area contributed by atoms with Crippen molar-refractivity contribution in [2.45, 2.75) is 31.9 Å². The number of rotatable bonds is 9. The summed E-state index contributed by atoms with van der Waals surface area (Å²) < 4.78 is 27.7. The summed E-state index contributed by atoms with van der Waals surface area (Å²) in [5, 5.41) is 10.0. The molecule has 5 aromatic rings. The number of halogens is 2. The Bertz CT molecular complexity index is 1690. The molecule has 3 aromatic heterocycles. The van der Waals surface area contributed by atoms with Crippen LogP contribution < -0.4 is 4.74 Å². The lowest BCUT2D eigenvalue weighted by Crippen LogP contribution is -2.32. The molecule has 202 valence electrons. The standard InChI is InChI=1S/C29H23ClFN5O4/c30-19-5-1-17(2-6-19)13-25-32-15-22(31)28(35-25)40-20-7-3-18(4-8-20)14-26-33-23-9-10-24(29(37)38)34-27(23)36(26)16-21-11-12-39-21/h1-10,15,21H,11-14,16H2,(H,37,38). The highest BCUT2D eigenvalue weighted by molar-refractivity contribution is 6.30. The third kappa shape index (κ3) is 5.63. The van der Waals surface area contributed by atoms with E-state index in [0.29, 0.717) is 53.8 Å². The Morgan fingerprint density at radius 1 is 1.02 bits per heavy atom. The highest BCUT2D eigenvalue weighted by atomic mass is 35.5. The summed E-state index contributed by atoms with van der Waals surface area (Å²) in [4.78, 5) is 28.9. The maximum Gasteiger partial charge on any atom is 0.354 e. The summed E-state index contributed by atoms with van der Waals surface area (Å²) in [6, 6.07) is 17.6. The highest BCUT2D eigenvalue weighted by Gasteiger charge is 2.23. The molecule has 0 aliphatic carbocycles. The molecule has 4 heterocycles. The molecule has 0 bridgehead atoms. The fourth-order valence-electron chi connectivity index (χ4n) is 4.42. The maximum absolute atomic E-state index is 14.4. The van der Waals surface area contributed by atoms with Crippen LogP contribution in [0, 0.1) is 5.82 Å². The third-order valence-corrected chi connectivity index (χ3v) is 6.86. The largest absolute Gasteiger partial charge is 0.477 e. The number of pyridine rings is 1. The number of carboxylic acid groups (broad SMARTS) is 1. The molecule has 1 aliphatic rings. The summed E-state index contributed by atoms with van der Waals surface area (Å²) in [7, 11) is 0. The lowest BCUT2D eigenvalue weighted by atomic mass is 10.1. The van der Waals surface area contributed by atoms with Gasteiger partial charge in [-0.1, -0.05) is 35.9 Å². The van der Waals surface area contributed by atoms with Gasteiger partial charge in [0.25, 0.3) is 5.88 Å². The molecule has 1 fully saturated rings. The Labute approximate surface area is 233 Å². The lowest BCUT2D eigenvalue weighted by Gasteiger charge is -2.27. The Morgan fingerprint density at radius 3 is 2.45 bits per heavy atom. The fraction of sp³-hybridized carbons (Fsp3) is 0.207. The molecule has 1 N–H and O–H groups in total. The summed E-state index contributed by atoms with van der Waals surface area (Å²) >= 11 is 5.94. The smallest absolute Gasteiger partial charge is 0.354 e. The van der Waals surface area contributed by atoms with E-state index in [1.807, 2.05) is 28.8 Å². The van der Waals surface area contributed by atoms with Crippen LogP contribution in [0.1, 0.15) is 39.7 Å². The van der Waals surface area contributed by atoms with E-state index in [1.165, 1.54) is 6.07 Å². The molecule has 1 saturated heterocycles. The minimum atomic E-state index is -1.09. The molecule has 2 aromatic carbocycles. The predicted molar refractivity (Wildman–Crippen MR) is 144 cm³/mol. The first-order valence-electron chi connectivity index (χ1n) is 12.6. The van der Waals surface area contributed by atoms with Crippen LogP contribution in [0.25, 0.3) is 11.2 Å². The van der Waals surface area contributed by atoms with Crippen LogP contribution in [0.3, 0.4) is 0 Å². The molecule has 1 atom stereocenters. The maximum atomic E-state index is 14.4. The second-order valence-corrected chi connectivity index (χ2v) is 9.87. The van der Waals surface area contributed by atoms with Gasteiger partial charge < -0.3 is 19.1 Å². The number of aromatic nitrogens is 5.